The zero-order chi connectivity index (χ0) is 23.6. The molecule has 4 heterocycles. The number of fused-ring (bicyclic) bond motifs is 9. The molecule has 0 amide bonds. The van der Waals surface area contributed by atoms with Crippen LogP contribution in [0.3, 0.4) is 0 Å². The molecule has 2 aromatic carbocycles. The van der Waals surface area contributed by atoms with Gasteiger partial charge in [-0.15, -0.1) is 0 Å². The van der Waals surface area contributed by atoms with E-state index in [2.05, 4.69) is 85.4 Å². The molecule has 0 saturated carbocycles. The van der Waals surface area contributed by atoms with Crippen molar-refractivity contribution in [2.45, 2.75) is 47.6 Å². The zero-order valence-corrected chi connectivity index (χ0v) is 20.9. The van der Waals surface area contributed by atoms with Crippen molar-refractivity contribution in [3.05, 3.63) is 53.9 Å². The number of aromatic amines is 1. The van der Waals surface area contributed by atoms with Crippen molar-refractivity contribution in [2.24, 2.45) is 11.3 Å². The minimum absolute atomic E-state index is 0.267. The number of nitrogens with zero attached hydrogens (tertiary/aromatic N) is 3. The van der Waals surface area contributed by atoms with Crippen LogP contribution in [0.15, 0.2) is 42.6 Å². The SMILES string of the molecule is CC(C)COc1cccc2c3cc4cc[nH]c4cc3c3c4c(nn3c12)CCN(CC(C)(C)C)C4. The Morgan fingerprint density at radius 1 is 1.06 bits per heavy atom. The molecule has 0 unspecified atom stereocenters. The van der Waals surface area contributed by atoms with Gasteiger partial charge in [-0.2, -0.15) is 5.10 Å². The molecule has 0 bridgehead atoms. The third kappa shape index (κ3) is 3.54. The average Bonchev–Trinajstić information content (AvgIpc) is 3.39. The Morgan fingerprint density at radius 2 is 1.91 bits per heavy atom. The molecule has 0 aliphatic carbocycles. The first-order valence-electron chi connectivity index (χ1n) is 12.5. The lowest BCUT2D eigenvalue weighted by Gasteiger charge is -2.32. The molecule has 5 heteroatoms. The van der Waals surface area contributed by atoms with Gasteiger partial charge in [0.05, 0.1) is 17.8 Å². The van der Waals surface area contributed by atoms with Crippen LogP contribution in [0.4, 0.5) is 0 Å². The second-order valence-corrected chi connectivity index (χ2v) is 11.5. The minimum atomic E-state index is 0.267. The van der Waals surface area contributed by atoms with Crippen LogP contribution in [0, 0.1) is 11.3 Å². The Labute approximate surface area is 200 Å². The summed E-state index contributed by atoms with van der Waals surface area (Å²) in [5, 5.41) is 10.2. The van der Waals surface area contributed by atoms with Gasteiger partial charge in [0.2, 0.25) is 0 Å². The number of ether oxygens (including phenoxy) is 1. The molecule has 0 atom stereocenters. The summed E-state index contributed by atoms with van der Waals surface area (Å²) in [6.45, 7) is 15.1. The number of para-hydroxylation sites is 1. The molecule has 5 nitrogen and oxygen atoms in total. The second-order valence-electron chi connectivity index (χ2n) is 11.5. The second kappa shape index (κ2) is 7.74. The highest BCUT2D eigenvalue weighted by Gasteiger charge is 2.27. The molecular weight excluding hydrogens is 420 g/mol. The smallest absolute Gasteiger partial charge is 0.145 e. The molecule has 0 radical (unpaired) electrons. The number of rotatable bonds is 4. The topological polar surface area (TPSA) is 45.6 Å². The molecule has 1 aliphatic rings. The van der Waals surface area contributed by atoms with Crippen molar-refractivity contribution >= 4 is 38.1 Å². The molecule has 176 valence electrons. The average molecular weight is 455 g/mol. The fourth-order valence-electron chi connectivity index (χ4n) is 5.52. The number of benzene rings is 2. The molecule has 34 heavy (non-hydrogen) atoms. The molecule has 5 aromatic rings. The lowest BCUT2D eigenvalue weighted by atomic mass is 9.94. The quantitative estimate of drug-likeness (QED) is 0.313. The van der Waals surface area contributed by atoms with Gasteiger partial charge in [-0.3, -0.25) is 4.90 Å². The van der Waals surface area contributed by atoms with Crippen LogP contribution in [0.2, 0.25) is 0 Å². The standard InChI is InChI=1S/C29H34N4O/c1-18(2)16-34-26-8-6-7-20-21-13-19-9-11-30-25(19)14-22(21)27-23-15-32(17-29(3,4)5)12-10-24(23)31-33(27)28(20)26/h6-9,11,13-14,18,30H,10,12,15-17H2,1-5H3. The van der Waals surface area contributed by atoms with E-state index in [1.807, 2.05) is 6.20 Å². The van der Waals surface area contributed by atoms with Gasteiger partial charge in [0.1, 0.15) is 11.3 Å². The normalized spacial score (nSPS) is 15.2. The molecule has 0 fully saturated rings. The third-order valence-corrected chi connectivity index (χ3v) is 6.83. The maximum atomic E-state index is 6.35. The first-order valence-corrected chi connectivity index (χ1v) is 12.5. The Hall–Kier alpha value is -3.05. The lowest BCUT2D eigenvalue weighted by Crippen LogP contribution is -2.36. The summed E-state index contributed by atoms with van der Waals surface area (Å²) < 4.78 is 8.54. The van der Waals surface area contributed by atoms with Crippen molar-refractivity contribution in [1.82, 2.24) is 19.5 Å². The largest absolute Gasteiger partial charge is 0.491 e. The summed E-state index contributed by atoms with van der Waals surface area (Å²) in [4.78, 5) is 6.01. The molecule has 1 aliphatic heterocycles. The molecule has 1 N–H and O–H groups in total. The van der Waals surface area contributed by atoms with Crippen LogP contribution in [0.25, 0.3) is 38.1 Å². The van der Waals surface area contributed by atoms with Gasteiger partial charge in [0.15, 0.2) is 0 Å². The van der Waals surface area contributed by atoms with E-state index in [0.29, 0.717) is 12.5 Å². The number of nitrogens with one attached hydrogen (secondary N) is 1. The first-order chi connectivity index (χ1) is 16.3. The Kier molecular flexibility index (Phi) is 4.89. The number of aromatic nitrogens is 3. The van der Waals surface area contributed by atoms with Crippen molar-refractivity contribution in [3.8, 4) is 5.75 Å². The van der Waals surface area contributed by atoms with Crippen molar-refractivity contribution in [1.29, 1.82) is 0 Å². The van der Waals surface area contributed by atoms with Crippen LogP contribution < -0.4 is 4.74 Å². The fourth-order valence-corrected chi connectivity index (χ4v) is 5.52. The van der Waals surface area contributed by atoms with Crippen LogP contribution in [-0.4, -0.2) is 39.2 Å². The van der Waals surface area contributed by atoms with E-state index in [1.165, 1.54) is 43.8 Å². The van der Waals surface area contributed by atoms with E-state index in [4.69, 9.17) is 9.84 Å². The first kappa shape index (κ1) is 21.5. The minimum Gasteiger partial charge on any atom is -0.491 e. The van der Waals surface area contributed by atoms with Crippen LogP contribution in [-0.2, 0) is 13.0 Å². The summed E-state index contributed by atoms with van der Waals surface area (Å²) in [5.41, 5.74) is 6.34. The molecule has 0 spiro atoms. The molecule has 6 rings (SSSR count). The van der Waals surface area contributed by atoms with Gasteiger partial charge < -0.3 is 9.72 Å². The van der Waals surface area contributed by atoms with E-state index in [0.717, 1.165) is 37.3 Å². The lowest BCUT2D eigenvalue weighted by molar-refractivity contribution is 0.177. The number of hydrogen-bond acceptors (Lipinski definition) is 3. The summed E-state index contributed by atoms with van der Waals surface area (Å²) in [6, 6.07) is 13.2. The zero-order valence-electron chi connectivity index (χ0n) is 20.9. The third-order valence-electron chi connectivity index (χ3n) is 6.83. The summed E-state index contributed by atoms with van der Waals surface area (Å²) in [5.74, 6) is 1.38. The summed E-state index contributed by atoms with van der Waals surface area (Å²) in [6.07, 6.45) is 3.01. The van der Waals surface area contributed by atoms with Gasteiger partial charge in [-0.05, 0) is 41.0 Å². The highest BCUT2D eigenvalue weighted by atomic mass is 16.5. The van der Waals surface area contributed by atoms with E-state index < -0.39 is 0 Å². The van der Waals surface area contributed by atoms with Gasteiger partial charge in [-0.25, -0.2) is 4.52 Å². The van der Waals surface area contributed by atoms with E-state index in [9.17, 15) is 0 Å². The molecule has 0 saturated heterocycles. The van der Waals surface area contributed by atoms with Crippen LogP contribution in [0.5, 0.6) is 5.75 Å². The van der Waals surface area contributed by atoms with Crippen molar-refractivity contribution in [2.75, 3.05) is 19.7 Å². The molecule has 3 aromatic heterocycles. The van der Waals surface area contributed by atoms with Gasteiger partial charge in [0.25, 0.3) is 0 Å². The Morgan fingerprint density at radius 3 is 2.71 bits per heavy atom. The summed E-state index contributed by atoms with van der Waals surface area (Å²) in [7, 11) is 0. The maximum Gasteiger partial charge on any atom is 0.145 e. The Balaban J connectivity index is 1.67. The highest BCUT2D eigenvalue weighted by molar-refractivity contribution is 6.17. The van der Waals surface area contributed by atoms with Crippen molar-refractivity contribution < 1.29 is 4.74 Å². The predicted molar refractivity (Wildman–Crippen MR) is 141 cm³/mol. The monoisotopic (exact) mass is 454 g/mol. The van der Waals surface area contributed by atoms with Crippen molar-refractivity contribution in [3.63, 3.8) is 0 Å². The number of pyridine rings is 1. The van der Waals surface area contributed by atoms with E-state index >= 15 is 0 Å². The summed E-state index contributed by atoms with van der Waals surface area (Å²) >= 11 is 0. The van der Waals surface area contributed by atoms with E-state index in [1.54, 1.807) is 0 Å². The van der Waals surface area contributed by atoms with E-state index in [-0.39, 0.29) is 5.41 Å². The predicted octanol–water partition coefficient (Wildman–Crippen LogP) is 6.56. The van der Waals surface area contributed by atoms with Gasteiger partial charge >= 0.3 is 0 Å². The highest BCUT2D eigenvalue weighted by Crippen LogP contribution is 2.39. The van der Waals surface area contributed by atoms with Crippen LogP contribution >= 0.6 is 0 Å². The van der Waals surface area contributed by atoms with Crippen LogP contribution in [0.1, 0.15) is 45.9 Å². The number of hydrogen-bond donors (Lipinski definition) is 1. The van der Waals surface area contributed by atoms with Gasteiger partial charge in [0, 0.05) is 59.5 Å². The van der Waals surface area contributed by atoms with Gasteiger partial charge in [-0.1, -0.05) is 46.8 Å². The number of H-pyrrole nitrogens is 1. The fraction of sp³-hybridized carbons (Fsp3) is 0.414. The maximum absolute atomic E-state index is 6.35. The molecular formula is C29H34N4O. The Bertz CT molecular complexity index is 1530.